The fraction of sp³-hybridized carbons (Fsp3) is 0.423. The highest BCUT2D eigenvalue weighted by atomic mass is 16.5. The van der Waals surface area contributed by atoms with Crippen LogP contribution in [0.2, 0.25) is 0 Å². The SMILES string of the molecule is CCn1c(CN2CCN(C(=O)Nc3cc(OC)cc(OC)c3)CC2)nc2cc(C(=O)N(C)C)ccc21. The summed E-state index contributed by atoms with van der Waals surface area (Å²) in [6.07, 6.45) is 0. The van der Waals surface area contributed by atoms with Gasteiger partial charge >= 0.3 is 6.03 Å². The summed E-state index contributed by atoms with van der Waals surface area (Å²) < 4.78 is 12.8. The van der Waals surface area contributed by atoms with E-state index in [4.69, 9.17) is 14.5 Å². The minimum Gasteiger partial charge on any atom is -0.497 e. The molecule has 3 amide bonds. The Kier molecular flexibility index (Phi) is 7.64. The van der Waals surface area contributed by atoms with Crippen molar-refractivity contribution in [3.8, 4) is 11.5 Å². The smallest absolute Gasteiger partial charge is 0.321 e. The molecular formula is C26H34N6O4. The first-order chi connectivity index (χ1) is 17.3. The Bertz CT molecular complexity index is 1220. The normalized spacial score (nSPS) is 14.1. The lowest BCUT2D eigenvalue weighted by Crippen LogP contribution is -2.49. The van der Waals surface area contributed by atoms with Gasteiger partial charge in [0.2, 0.25) is 0 Å². The monoisotopic (exact) mass is 494 g/mol. The molecule has 0 atom stereocenters. The molecule has 0 unspecified atom stereocenters. The summed E-state index contributed by atoms with van der Waals surface area (Å²) in [6, 6.07) is 10.8. The van der Waals surface area contributed by atoms with E-state index in [1.54, 1.807) is 51.4 Å². The topological polar surface area (TPSA) is 92.2 Å². The number of nitrogens with one attached hydrogen (secondary N) is 1. The summed E-state index contributed by atoms with van der Waals surface area (Å²) >= 11 is 0. The fourth-order valence-corrected chi connectivity index (χ4v) is 4.44. The first-order valence-corrected chi connectivity index (χ1v) is 12.0. The number of piperazine rings is 1. The summed E-state index contributed by atoms with van der Waals surface area (Å²) in [7, 11) is 6.65. The maximum Gasteiger partial charge on any atom is 0.321 e. The predicted molar refractivity (Wildman–Crippen MR) is 139 cm³/mol. The molecule has 0 bridgehead atoms. The van der Waals surface area contributed by atoms with Gasteiger partial charge in [-0.25, -0.2) is 9.78 Å². The lowest BCUT2D eigenvalue weighted by Gasteiger charge is -2.34. The van der Waals surface area contributed by atoms with Gasteiger partial charge in [-0.15, -0.1) is 0 Å². The number of fused-ring (bicyclic) bond motifs is 1. The molecule has 2 aromatic carbocycles. The number of anilines is 1. The predicted octanol–water partition coefficient (Wildman–Crippen LogP) is 3.12. The van der Waals surface area contributed by atoms with Gasteiger partial charge in [-0.2, -0.15) is 0 Å². The second kappa shape index (κ2) is 10.9. The van der Waals surface area contributed by atoms with Crippen LogP contribution in [0, 0.1) is 0 Å². The van der Waals surface area contributed by atoms with Crippen LogP contribution < -0.4 is 14.8 Å². The quantitative estimate of drug-likeness (QED) is 0.543. The Hall–Kier alpha value is -3.79. The van der Waals surface area contributed by atoms with E-state index in [9.17, 15) is 9.59 Å². The van der Waals surface area contributed by atoms with E-state index in [1.165, 1.54) is 0 Å². The zero-order valence-electron chi connectivity index (χ0n) is 21.6. The number of hydrogen-bond acceptors (Lipinski definition) is 6. The van der Waals surface area contributed by atoms with Crippen LogP contribution in [0.1, 0.15) is 23.1 Å². The Morgan fingerprint density at radius 3 is 2.25 bits per heavy atom. The van der Waals surface area contributed by atoms with Crippen LogP contribution in [-0.2, 0) is 13.1 Å². The van der Waals surface area contributed by atoms with Gasteiger partial charge in [0.15, 0.2) is 0 Å². The van der Waals surface area contributed by atoms with Crippen LogP contribution in [0.4, 0.5) is 10.5 Å². The lowest BCUT2D eigenvalue weighted by atomic mass is 10.2. The summed E-state index contributed by atoms with van der Waals surface area (Å²) in [5.74, 6) is 2.16. The van der Waals surface area contributed by atoms with Crippen LogP contribution in [-0.4, -0.2) is 90.7 Å². The van der Waals surface area contributed by atoms with Crippen molar-refractivity contribution in [1.82, 2.24) is 24.3 Å². The molecule has 0 saturated carbocycles. The van der Waals surface area contributed by atoms with Crippen molar-refractivity contribution in [1.29, 1.82) is 0 Å². The molecule has 1 fully saturated rings. The molecule has 36 heavy (non-hydrogen) atoms. The summed E-state index contributed by atoms with van der Waals surface area (Å²) in [5, 5.41) is 2.94. The Labute approximate surface area is 211 Å². The van der Waals surface area contributed by atoms with Gasteiger partial charge in [-0.05, 0) is 25.1 Å². The van der Waals surface area contributed by atoms with Crippen LogP contribution in [0.25, 0.3) is 11.0 Å². The minimum atomic E-state index is -0.149. The second-order valence-electron chi connectivity index (χ2n) is 8.97. The third kappa shape index (κ3) is 5.38. The zero-order chi connectivity index (χ0) is 25.8. The maximum atomic E-state index is 12.9. The van der Waals surface area contributed by atoms with E-state index >= 15 is 0 Å². The molecule has 1 aliphatic heterocycles. The standard InChI is InChI=1S/C26H34N6O4/c1-6-32-23-8-7-18(25(33)29(2)3)13-22(23)28-24(32)17-30-9-11-31(12-10-30)26(34)27-19-14-20(35-4)16-21(15-19)36-5/h7-8,13-16H,6,9-12,17H2,1-5H3,(H,27,34). The van der Waals surface area contributed by atoms with Gasteiger partial charge < -0.3 is 29.2 Å². The van der Waals surface area contributed by atoms with Crippen molar-refractivity contribution in [2.24, 2.45) is 0 Å². The highest BCUT2D eigenvalue weighted by molar-refractivity contribution is 5.97. The number of amides is 3. The number of hydrogen-bond donors (Lipinski definition) is 1. The minimum absolute atomic E-state index is 0.0358. The van der Waals surface area contributed by atoms with Gasteiger partial charge in [0.1, 0.15) is 17.3 Å². The van der Waals surface area contributed by atoms with Crippen LogP contribution in [0.15, 0.2) is 36.4 Å². The molecule has 1 N–H and O–H groups in total. The van der Waals surface area contributed by atoms with Crippen molar-refractivity contribution >= 4 is 28.7 Å². The highest BCUT2D eigenvalue weighted by Gasteiger charge is 2.23. The molecule has 10 nitrogen and oxygen atoms in total. The highest BCUT2D eigenvalue weighted by Crippen LogP contribution is 2.26. The Balaban J connectivity index is 1.40. The number of carbonyl (C=O) groups is 2. The molecule has 3 aromatic rings. The number of aromatic nitrogens is 2. The van der Waals surface area contributed by atoms with Gasteiger partial charge in [0.05, 0.1) is 31.8 Å². The summed E-state index contributed by atoms with van der Waals surface area (Å²) in [6.45, 7) is 6.28. The third-order valence-corrected chi connectivity index (χ3v) is 6.42. The average molecular weight is 495 g/mol. The van der Waals surface area contributed by atoms with E-state index < -0.39 is 0 Å². The molecule has 0 spiro atoms. The number of ether oxygens (including phenoxy) is 2. The molecule has 1 aliphatic rings. The first-order valence-electron chi connectivity index (χ1n) is 12.0. The number of nitrogens with zero attached hydrogens (tertiary/aromatic N) is 5. The molecule has 10 heteroatoms. The van der Waals surface area contributed by atoms with E-state index in [2.05, 4.69) is 21.7 Å². The summed E-state index contributed by atoms with van der Waals surface area (Å²) in [5.41, 5.74) is 3.11. The third-order valence-electron chi connectivity index (χ3n) is 6.42. The number of rotatable bonds is 7. The van der Waals surface area contributed by atoms with Crippen molar-refractivity contribution < 1.29 is 19.1 Å². The number of carbonyl (C=O) groups excluding carboxylic acids is 2. The van der Waals surface area contributed by atoms with Crippen LogP contribution >= 0.6 is 0 Å². The number of methoxy groups -OCH3 is 2. The molecule has 1 saturated heterocycles. The van der Waals surface area contributed by atoms with Crippen molar-refractivity contribution in [3.63, 3.8) is 0 Å². The van der Waals surface area contributed by atoms with Crippen molar-refractivity contribution in [2.45, 2.75) is 20.0 Å². The average Bonchev–Trinajstić information content (AvgIpc) is 3.24. The molecule has 192 valence electrons. The maximum absolute atomic E-state index is 12.9. The van der Waals surface area contributed by atoms with Crippen molar-refractivity contribution in [3.05, 3.63) is 47.8 Å². The zero-order valence-corrected chi connectivity index (χ0v) is 21.6. The molecule has 0 aliphatic carbocycles. The van der Waals surface area contributed by atoms with E-state index in [0.29, 0.717) is 42.4 Å². The number of aryl methyl sites for hydroxylation is 1. The lowest BCUT2D eigenvalue weighted by molar-refractivity contribution is 0.0827. The largest absolute Gasteiger partial charge is 0.497 e. The molecular weight excluding hydrogens is 460 g/mol. The van der Waals surface area contributed by atoms with E-state index in [0.717, 1.165) is 36.5 Å². The van der Waals surface area contributed by atoms with Crippen molar-refractivity contribution in [2.75, 3.05) is 59.8 Å². The fourth-order valence-electron chi connectivity index (χ4n) is 4.44. The van der Waals surface area contributed by atoms with Crippen LogP contribution in [0.3, 0.4) is 0 Å². The summed E-state index contributed by atoms with van der Waals surface area (Å²) in [4.78, 5) is 35.8. The van der Waals surface area contributed by atoms with Gasteiger partial charge in [0.25, 0.3) is 5.91 Å². The molecule has 0 radical (unpaired) electrons. The Morgan fingerprint density at radius 2 is 1.67 bits per heavy atom. The molecule has 4 rings (SSSR count). The van der Waals surface area contributed by atoms with Gasteiger partial charge in [-0.3, -0.25) is 9.69 Å². The van der Waals surface area contributed by atoms with E-state index in [1.807, 2.05) is 23.1 Å². The second-order valence-corrected chi connectivity index (χ2v) is 8.97. The van der Waals surface area contributed by atoms with E-state index in [-0.39, 0.29) is 11.9 Å². The van der Waals surface area contributed by atoms with Crippen LogP contribution in [0.5, 0.6) is 11.5 Å². The number of urea groups is 1. The molecule has 2 heterocycles. The number of benzene rings is 2. The first kappa shape index (κ1) is 25.3. The number of imidazole rings is 1. The van der Waals surface area contributed by atoms with Gasteiger partial charge in [0, 0.05) is 76.3 Å². The molecule has 1 aromatic heterocycles. The Morgan fingerprint density at radius 1 is 1.00 bits per heavy atom. The van der Waals surface area contributed by atoms with Gasteiger partial charge in [-0.1, -0.05) is 0 Å².